The van der Waals surface area contributed by atoms with Gasteiger partial charge in [-0.05, 0) is 56.7 Å². The lowest BCUT2D eigenvalue weighted by molar-refractivity contribution is 0.394. The standard InChI is InChI=1S/C15H21N3/c1-18(2)9-3-7-16-11-13-4-5-15-12-17-8-6-14(15)10-13/h4-6,8,10,12,16H,3,7,9,11H2,1-2H3. The van der Waals surface area contributed by atoms with Crippen molar-refractivity contribution in [2.24, 2.45) is 0 Å². The number of hydrogen-bond donors (Lipinski definition) is 1. The Hall–Kier alpha value is -1.45. The normalized spacial score (nSPS) is 11.3. The van der Waals surface area contributed by atoms with Crippen molar-refractivity contribution < 1.29 is 0 Å². The third-order valence-electron chi connectivity index (χ3n) is 2.99. The molecule has 0 bridgehead atoms. The molecule has 0 spiro atoms. The van der Waals surface area contributed by atoms with Crippen molar-refractivity contribution in [3.63, 3.8) is 0 Å². The van der Waals surface area contributed by atoms with Gasteiger partial charge in [0.15, 0.2) is 0 Å². The first-order valence-corrected chi connectivity index (χ1v) is 6.44. The molecular formula is C15H21N3. The molecule has 1 aromatic carbocycles. The molecule has 0 radical (unpaired) electrons. The van der Waals surface area contributed by atoms with E-state index in [1.54, 1.807) is 0 Å². The molecule has 3 heteroatoms. The fourth-order valence-electron chi connectivity index (χ4n) is 2.00. The molecule has 96 valence electrons. The first kappa shape index (κ1) is 13.0. The molecule has 2 aromatic rings. The van der Waals surface area contributed by atoms with Crippen LogP contribution in [0.15, 0.2) is 36.7 Å². The maximum Gasteiger partial charge on any atom is 0.0346 e. The summed E-state index contributed by atoms with van der Waals surface area (Å²) in [5.41, 5.74) is 1.33. The molecule has 1 heterocycles. The maximum absolute atomic E-state index is 4.13. The lowest BCUT2D eigenvalue weighted by Gasteiger charge is -2.10. The van der Waals surface area contributed by atoms with E-state index in [-0.39, 0.29) is 0 Å². The van der Waals surface area contributed by atoms with Gasteiger partial charge in [0.05, 0.1) is 0 Å². The summed E-state index contributed by atoms with van der Waals surface area (Å²) in [4.78, 5) is 6.34. The van der Waals surface area contributed by atoms with Crippen molar-refractivity contribution in [3.05, 3.63) is 42.2 Å². The van der Waals surface area contributed by atoms with E-state index in [2.05, 4.69) is 53.6 Å². The fourth-order valence-corrected chi connectivity index (χ4v) is 2.00. The van der Waals surface area contributed by atoms with Gasteiger partial charge in [0.2, 0.25) is 0 Å². The van der Waals surface area contributed by atoms with Crippen LogP contribution in [0.25, 0.3) is 10.8 Å². The van der Waals surface area contributed by atoms with E-state index >= 15 is 0 Å². The molecule has 0 fully saturated rings. The minimum Gasteiger partial charge on any atom is -0.313 e. The highest BCUT2D eigenvalue weighted by Crippen LogP contribution is 2.14. The monoisotopic (exact) mass is 243 g/mol. The third-order valence-corrected chi connectivity index (χ3v) is 2.99. The second-order valence-corrected chi connectivity index (χ2v) is 4.89. The molecule has 0 aliphatic rings. The number of pyridine rings is 1. The largest absolute Gasteiger partial charge is 0.313 e. The van der Waals surface area contributed by atoms with E-state index in [9.17, 15) is 0 Å². The number of benzene rings is 1. The Morgan fingerprint density at radius 3 is 2.89 bits per heavy atom. The zero-order chi connectivity index (χ0) is 12.8. The summed E-state index contributed by atoms with van der Waals surface area (Å²) >= 11 is 0. The van der Waals surface area contributed by atoms with Crippen LogP contribution in [0.4, 0.5) is 0 Å². The topological polar surface area (TPSA) is 28.2 Å². The van der Waals surface area contributed by atoms with Crippen LogP contribution >= 0.6 is 0 Å². The van der Waals surface area contributed by atoms with Crippen LogP contribution in [-0.4, -0.2) is 37.1 Å². The van der Waals surface area contributed by atoms with Gasteiger partial charge in [0.25, 0.3) is 0 Å². The highest BCUT2D eigenvalue weighted by atomic mass is 15.0. The summed E-state index contributed by atoms with van der Waals surface area (Å²) in [5, 5.41) is 5.94. The first-order valence-electron chi connectivity index (χ1n) is 6.44. The smallest absolute Gasteiger partial charge is 0.0346 e. The summed E-state index contributed by atoms with van der Waals surface area (Å²) in [7, 11) is 4.22. The van der Waals surface area contributed by atoms with Crippen LogP contribution in [0.3, 0.4) is 0 Å². The van der Waals surface area contributed by atoms with Crippen molar-refractivity contribution in [2.75, 3.05) is 27.2 Å². The van der Waals surface area contributed by atoms with Gasteiger partial charge in [0.1, 0.15) is 0 Å². The van der Waals surface area contributed by atoms with Gasteiger partial charge in [-0.25, -0.2) is 0 Å². The molecule has 0 aliphatic heterocycles. The zero-order valence-corrected chi connectivity index (χ0v) is 11.2. The second-order valence-electron chi connectivity index (χ2n) is 4.89. The van der Waals surface area contributed by atoms with Gasteiger partial charge in [-0.3, -0.25) is 4.98 Å². The number of aromatic nitrogens is 1. The molecule has 0 unspecified atom stereocenters. The van der Waals surface area contributed by atoms with E-state index < -0.39 is 0 Å². The third kappa shape index (κ3) is 3.79. The summed E-state index contributed by atoms with van der Waals surface area (Å²) in [5.74, 6) is 0. The van der Waals surface area contributed by atoms with Crippen molar-refractivity contribution in [1.29, 1.82) is 0 Å². The first-order chi connectivity index (χ1) is 8.75. The van der Waals surface area contributed by atoms with Gasteiger partial charge < -0.3 is 10.2 Å². The Morgan fingerprint density at radius 1 is 1.17 bits per heavy atom. The van der Waals surface area contributed by atoms with Gasteiger partial charge >= 0.3 is 0 Å². The number of fused-ring (bicyclic) bond motifs is 1. The minimum atomic E-state index is 0.936. The molecular weight excluding hydrogens is 222 g/mol. The van der Waals surface area contributed by atoms with Crippen LogP contribution in [0, 0.1) is 0 Å². The number of hydrogen-bond acceptors (Lipinski definition) is 3. The van der Waals surface area contributed by atoms with Crippen LogP contribution in [0.1, 0.15) is 12.0 Å². The van der Waals surface area contributed by atoms with E-state index in [0.29, 0.717) is 0 Å². The van der Waals surface area contributed by atoms with Crippen molar-refractivity contribution >= 4 is 10.8 Å². The molecule has 1 N–H and O–H groups in total. The Balaban J connectivity index is 1.84. The van der Waals surface area contributed by atoms with Crippen molar-refractivity contribution in [3.8, 4) is 0 Å². The second kappa shape index (κ2) is 6.47. The van der Waals surface area contributed by atoms with Gasteiger partial charge in [-0.1, -0.05) is 12.1 Å². The quantitative estimate of drug-likeness (QED) is 0.789. The Morgan fingerprint density at radius 2 is 2.06 bits per heavy atom. The maximum atomic E-state index is 4.13. The highest BCUT2D eigenvalue weighted by molar-refractivity contribution is 5.81. The van der Waals surface area contributed by atoms with Gasteiger partial charge in [0, 0.05) is 24.3 Å². The SMILES string of the molecule is CN(C)CCCNCc1ccc2cnccc2c1. The van der Waals surface area contributed by atoms with E-state index in [0.717, 1.165) is 19.6 Å². The van der Waals surface area contributed by atoms with Crippen molar-refractivity contribution in [1.82, 2.24) is 15.2 Å². The zero-order valence-electron chi connectivity index (χ0n) is 11.2. The van der Waals surface area contributed by atoms with E-state index in [1.807, 2.05) is 12.4 Å². The summed E-state index contributed by atoms with van der Waals surface area (Å²) in [6.45, 7) is 3.13. The molecule has 0 atom stereocenters. The van der Waals surface area contributed by atoms with Crippen LogP contribution in [0.5, 0.6) is 0 Å². The van der Waals surface area contributed by atoms with Crippen LogP contribution in [0.2, 0.25) is 0 Å². The molecule has 18 heavy (non-hydrogen) atoms. The molecule has 2 rings (SSSR count). The lowest BCUT2D eigenvalue weighted by Crippen LogP contribution is -2.20. The Kier molecular flexibility index (Phi) is 4.67. The summed E-state index contributed by atoms with van der Waals surface area (Å²) in [6, 6.07) is 8.60. The minimum absolute atomic E-state index is 0.936. The molecule has 0 saturated heterocycles. The molecule has 3 nitrogen and oxygen atoms in total. The molecule has 0 saturated carbocycles. The number of rotatable bonds is 6. The molecule has 0 aliphatic carbocycles. The van der Waals surface area contributed by atoms with E-state index in [4.69, 9.17) is 0 Å². The number of nitrogens with one attached hydrogen (secondary N) is 1. The predicted octanol–water partition coefficient (Wildman–Crippen LogP) is 2.28. The van der Waals surface area contributed by atoms with Crippen LogP contribution in [-0.2, 0) is 6.54 Å². The summed E-state index contributed by atoms with van der Waals surface area (Å²) < 4.78 is 0. The molecule has 0 amide bonds. The fraction of sp³-hybridized carbons (Fsp3) is 0.400. The Bertz CT molecular complexity index is 494. The number of nitrogens with zero attached hydrogens (tertiary/aromatic N) is 2. The van der Waals surface area contributed by atoms with E-state index in [1.165, 1.54) is 22.8 Å². The van der Waals surface area contributed by atoms with Crippen LogP contribution < -0.4 is 5.32 Å². The lowest BCUT2D eigenvalue weighted by atomic mass is 10.1. The Labute approximate surface area is 109 Å². The average Bonchev–Trinajstić information content (AvgIpc) is 2.38. The van der Waals surface area contributed by atoms with Crippen molar-refractivity contribution in [2.45, 2.75) is 13.0 Å². The van der Waals surface area contributed by atoms with Gasteiger partial charge in [-0.2, -0.15) is 0 Å². The predicted molar refractivity (Wildman–Crippen MR) is 76.6 cm³/mol. The molecule has 1 aromatic heterocycles. The highest BCUT2D eigenvalue weighted by Gasteiger charge is 1.96. The summed E-state index contributed by atoms with van der Waals surface area (Å²) in [6.07, 6.45) is 4.94. The van der Waals surface area contributed by atoms with Gasteiger partial charge in [-0.15, -0.1) is 0 Å². The average molecular weight is 243 g/mol.